The van der Waals surface area contributed by atoms with Gasteiger partial charge in [0, 0.05) is 17.6 Å². The molecule has 0 spiro atoms. The van der Waals surface area contributed by atoms with Crippen molar-refractivity contribution in [1.29, 1.82) is 0 Å². The number of nitrogens with one attached hydrogen (secondary N) is 1. The normalized spacial score (nSPS) is 14.6. The first-order chi connectivity index (χ1) is 8.77. The minimum absolute atomic E-state index is 0.503. The van der Waals surface area contributed by atoms with Crippen LogP contribution in [0.5, 0.6) is 0 Å². The number of fused-ring (bicyclic) bond motifs is 1. The number of hydrogen-bond acceptors (Lipinski definition) is 2. The zero-order chi connectivity index (χ0) is 13.0. The van der Waals surface area contributed by atoms with Gasteiger partial charge in [-0.05, 0) is 36.6 Å². The van der Waals surface area contributed by atoms with Crippen LogP contribution >= 0.6 is 0 Å². The maximum atomic E-state index is 4.44. The van der Waals surface area contributed by atoms with Gasteiger partial charge in [0.15, 0.2) is 0 Å². The van der Waals surface area contributed by atoms with Crippen molar-refractivity contribution in [3.05, 3.63) is 42.1 Å². The van der Waals surface area contributed by atoms with Gasteiger partial charge in [-0.2, -0.15) is 0 Å². The fourth-order valence-corrected chi connectivity index (χ4v) is 2.67. The van der Waals surface area contributed by atoms with Crippen molar-refractivity contribution in [3.8, 4) is 0 Å². The molecule has 1 N–H and O–H groups in total. The van der Waals surface area contributed by atoms with Crippen LogP contribution in [-0.2, 0) is 0 Å². The summed E-state index contributed by atoms with van der Waals surface area (Å²) < 4.78 is 0. The van der Waals surface area contributed by atoms with Crippen LogP contribution < -0.4 is 5.32 Å². The Hall–Kier alpha value is -1.41. The highest BCUT2D eigenvalue weighted by atomic mass is 14.9. The maximum absolute atomic E-state index is 4.44. The number of pyridine rings is 1. The van der Waals surface area contributed by atoms with E-state index in [1.54, 1.807) is 0 Å². The van der Waals surface area contributed by atoms with Crippen LogP contribution in [0.4, 0.5) is 0 Å². The molecule has 2 heteroatoms. The SMILES string of the molecule is CCNC(CC)C(C)c1ccnc2ccccc12. The molecule has 2 rings (SSSR count). The lowest BCUT2D eigenvalue weighted by atomic mass is 9.89. The number of nitrogens with zero attached hydrogens (tertiary/aromatic N) is 1. The second-order valence-electron chi connectivity index (χ2n) is 4.78. The van der Waals surface area contributed by atoms with Gasteiger partial charge in [-0.1, -0.05) is 39.0 Å². The van der Waals surface area contributed by atoms with E-state index in [9.17, 15) is 0 Å². The van der Waals surface area contributed by atoms with Gasteiger partial charge in [-0.3, -0.25) is 4.98 Å². The topological polar surface area (TPSA) is 24.9 Å². The van der Waals surface area contributed by atoms with Crippen LogP contribution in [0.25, 0.3) is 10.9 Å². The van der Waals surface area contributed by atoms with Gasteiger partial charge in [0.1, 0.15) is 0 Å². The Kier molecular flexibility index (Phi) is 4.32. The molecule has 18 heavy (non-hydrogen) atoms. The van der Waals surface area contributed by atoms with E-state index in [-0.39, 0.29) is 0 Å². The first-order valence-electron chi connectivity index (χ1n) is 6.85. The number of para-hydroxylation sites is 1. The summed E-state index contributed by atoms with van der Waals surface area (Å²) in [6.07, 6.45) is 3.07. The summed E-state index contributed by atoms with van der Waals surface area (Å²) >= 11 is 0. The van der Waals surface area contributed by atoms with E-state index in [2.05, 4.69) is 55.3 Å². The summed E-state index contributed by atoms with van der Waals surface area (Å²) in [5.74, 6) is 0.503. The van der Waals surface area contributed by atoms with Crippen molar-refractivity contribution in [1.82, 2.24) is 10.3 Å². The number of rotatable bonds is 5. The monoisotopic (exact) mass is 242 g/mol. The molecule has 0 saturated heterocycles. The molecule has 96 valence electrons. The molecule has 0 aliphatic heterocycles. The van der Waals surface area contributed by atoms with Crippen molar-refractivity contribution < 1.29 is 0 Å². The Morgan fingerprint density at radius 3 is 2.67 bits per heavy atom. The third kappa shape index (κ3) is 2.54. The highest BCUT2D eigenvalue weighted by Crippen LogP contribution is 2.27. The molecule has 1 heterocycles. The molecule has 0 saturated carbocycles. The molecule has 0 aliphatic rings. The lowest BCUT2D eigenvalue weighted by Crippen LogP contribution is -2.33. The fourth-order valence-electron chi connectivity index (χ4n) is 2.67. The van der Waals surface area contributed by atoms with E-state index in [0.717, 1.165) is 18.5 Å². The van der Waals surface area contributed by atoms with Gasteiger partial charge in [-0.15, -0.1) is 0 Å². The molecule has 2 unspecified atom stereocenters. The van der Waals surface area contributed by atoms with E-state index >= 15 is 0 Å². The third-order valence-corrected chi connectivity index (χ3v) is 3.68. The van der Waals surface area contributed by atoms with E-state index in [1.807, 2.05) is 12.3 Å². The molecule has 0 bridgehead atoms. The molecule has 1 aromatic carbocycles. The van der Waals surface area contributed by atoms with E-state index in [1.165, 1.54) is 10.9 Å². The molecular formula is C16H22N2. The second-order valence-corrected chi connectivity index (χ2v) is 4.78. The number of likely N-dealkylation sites (N-methyl/N-ethyl adjacent to an activating group) is 1. The van der Waals surface area contributed by atoms with Crippen LogP contribution in [0.3, 0.4) is 0 Å². The lowest BCUT2D eigenvalue weighted by molar-refractivity contribution is 0.450. The van der Waals surface area contributed by atoms with Crippen molar-refractivity contribution in [3.63, 3.8) is 0 Å². The summed E-state index contributed by atoms with van der Waals surface area (Å²) in [4.78, 5) is 4.44. The van der Waals surface area contributed by atoms with Gasteiger partial charge in [-0.25, -0.2) is 0 Å². The van der Waals surface area contributed by atoms with Crippen molar-refractivity contribution >= 4 is 10.9 Å². The zero-order valence-corrected chi connectivity index (χ0v) is 11.5. The summed E-state index contributed by atoms with van der Waals surface area (Å²) in [6, 6.07) is 11.1. The molecule has 2 atom stereocenters. The summed E-state index contributed by atoms with van der Waals surface area (Å²) in [5, 5.41) is 4.86. The Morgan fingerprint density at radius 1 is 1.17 bits per heavy atom. The Bertz CT molecular complexity index is 502. The Balaban J connectivity index is 2.40. The van der Waals surface area contributed by atoms with Crippen molar-refractivity contribution in [2.45, 2.75) is 39.2 Å². The third-order valence-electron chi connectivity index (χ3n) is 3.68. The van der Waals surface area contributed by atoms with E-state index < -0.39 is 0 Å². The molecular weight excluding hydrogens is 220 g/mol. The Morgan fingerprint density at radius 2 is 1.94 bits per heavy atom. The standard InChI is InChI=1S/C16H22N2/c1-4-15(17-5-2)12(3)13-10-11-18-16-9-7-6-8-14(13)16/h6-12,15,17H,4-5H2,1-3H3. The van der Waals surface area contributed by atoms with Gasteiger partial charge in [0.05, 0.1) is 5.52 Å². The molecule has 2 nitrogen and oxygen atoms in total. The predicted octanol–water partition coefficient (Wildman–Crippen LogP) is 3.73. The minimum atomic E-state index is 0.503. The summed E-state index contributed by atoms with van der Waals surface area (Å²) in [6.45, 7) is 7.73. The lowest BCUT2D eigenvalue weighted by Gasteiger charge is -2.24. The first kappa shape index (κ1) is 13.0. The molecule has 0 radical (unpaired) electrons. The first-order valence-corrected chi connectivity index (χ1v) is 6.85. The summed E-state index contributed by atoms with van der Waals surface area (Å²) in [5.41, 5.74) is 2.49. The molecule has 0 fully saturated rings. The number of hydrogen-bond donors (Lipinski definition) is 1. The minimum Gasteiger partial charge on any atom is -0.314 e. The quantitative estimate of drug-likeness (QED) is 0.864. The fraction of sp³-hybridized carbons (Fsp3) is 0.438. The molecule has 0 aliphatic carbocycles. The predicted molar refractivity (Wildman–Crippen MR) is 77.9 cm³/mol. The largest absolute Gasteiger partial charge is 0.314 e. The van der Waals surface area contributed by atoms with Crippen molar-refractivity contribution in [2.75, 3.05) is 6.54 Å². The smallest absolute Gasteiger partial charge is 0.0704 e. The zero-order valence-electron chi connectivity index (χ0n) is 11.5. The van der Waals surface area contributed by atoms with Gasteiger partial charge < -0.3 is 5.32 Å². The van der Waals surface area contributed by atoms with Crippen LogP contribution in [0.15, 0.2) is 36.5 Å². The molecule has 1 aromatic heterocycles. The average Bonchev–Trinajstić information content (AvgIpc) is 2.43. The van der Waals surface area contributed by atoms with Gasteiger partial charge in [0.25, 0.3) is 0 Å². The van der Waals surface area contributed by atoms with Crippen LogP contribution in [0.2, 0.25) is 0 Å². The van der Waals surface area contributed by atoms with E-state index in [4.69, 9.17) is 0 Å². The van der Waals surface area contributed by atoms with Gasteiger partial charge in [0.2, 0.25) is 0 Å². The Labute approximate surface area is 109 Å². The van der Waals surface area contributed by atoms with Crippen LogP contribution in [-0.4, -0.2) is 17.6 Å². The average molecular weight is 242 g/mol. The van der Waals surface area contributed by atoms with Gasteiger partial charge >= 0.3 is 0 Å². The molecule has 0 amide bonds. The number of aromatic nitrogens is 1. The number of benzene rings is 1. The molecule has 2 aromatic rings. The highest BCUT2D eigenvalue weighted by Gasteiger charge is 2.18. The maximum Gasteiger partial charge on any atom is 0.0704 e. The van der Waals surface area contributed by atoms with Crippen LogP contribution in [0.1, 0.15) is 38.7 Å². The van der Waals surface area contributed by atoms with Crippen molar-refractivity contribution in [2.24, 2.45) is 0 Å². The highest BCUT2D eigenvalue weighted by molar-refractivity contribution is 5.82. The second kappa shape index (κ2) is 5.96. The summed E-state index contributed by atoms with van der Waals surface area (Å²) in [7, 11) is 0. The van der Waals surface area contributed by atoms with Crippen LogP contribution in [0, 0.1) is 0 Å². The van der Waals surface area contributed by atoms with E-state index in [0.29, 0.717) is 12.0 Å².